The molecule has 1 heterocycles. The van der Waals surface area contributed by atoms with Gasteiger partial charge in [0.2, 0.25) is 5.91 Å². The lowest BCUT2D eigenvalue weighted by Gasteiger charge is -2.27. The number of carbonyl (C=O) groups excluding carboxylic acids is 1. The second kappa shape index (κ2) is 3.83. The summed E-state index contributed by atoms with van der Waals surface area (Å²) in [6.07, 6.45) is 4.11. The van der Waals surface area contributed by atoms with Crippen molar-refractivity contribution in [1.82, 2.24) is 5.32 Å². The van der Waals surface area contributed by atoms with Crippen LogP contribution in [-0.4, -0.2) is 12.5 Å². The number of halogens is 1. The quantitative estimate of drug-likeness (QED) is 0.793. The van der Waals surface area contributed by atoms with Crippen LogP contribution in [0.3, 0.4) is 0 Å². The maximum absolute atomic E-state index is 13.3. The monoisotopic (exact) mass is 233 g/mol. The summed E-state index contributed by atoms with van der Waals surface area (Å²) in [5.74, 6) is 0.104. The number of hydrogen-bond acceptors (Lipinski definition) is 1. The Morgan fingerprint density at radius 2 is 2.06 bits per heavy atom. The molecule has 90 valence electrons. The van der Waals surface area contributed by atoms with Crippen molar-refractivity contribution in [3.05, 3.63) is 35.6 Å². The predicted octanol–water partition coefficient (Wildman–Crippen LogP) is 2.60. The number of benzene rings is 1. The van der Waals surface area contributed by atoms with Gasteiger partial charge in [-0.1, -0.05) is 25.0 Å². The van der Waals surface area contributed by atoms with Crippen molar-refractivity contribution < 1.29 is 9.18 Å². The van der Waals surface area contributed by atoms with Gasteiger partial charge >= 0.3 is 0 Å². The molecule has 2 fully saturated rings. The molecule has 1 aromatic rings. The largest absolute Gasteiger partial charge is 0.355 e. The van der Waals surface area contributed by atoms with Crippen molar-refractivity contribution in [1.29, 1.82) is 0 Å². The van der Waals surface area contributed by atoms with E-state index in [1.54, 1.807) is 12.1 Å². The van der Waals surface area contributed by atoms with Gasteiger partial charge in [-0.2, -0.15) is 0 Å². The predicted molar refractivity (Wildman–Crippen MR) is 63.1 cm³/mol. The molecule has 0 bridgehead atoms. The molecule has 1 atom stereocenters. The van der Waals surface area contributed by atoms with E-state index in [0.29, 0.717) is 6.54 Å². The molecule has 1 spiro atoms. The summed E-state index contributed by atoms with van der Waals surface area (Å²) in [5.41, 5.74) is 0.707. The molecule has 1 aliphatic carbocycles. The third-order valence-electron chi connectivity index (χ3n) is 4.33. The number of nitrogens with one attached hydrogen (secondary N) is 1. The van der Waals surface area contributed by atoms with E-state index in [9.17, 15) is 9.18 Å². The first kappa shape index (κ1) is 10.8. The fourth-order valence-electron chi connectivity index (χ4n) is 3.47. The minimum Gasteiger partial charge on any atom is -0.355 e. The third kappa shape index (κ3) is 1.56. The average molecular weight is 233 g/mol. The maximum Gasteiger partial charge on any atom is 0.226 e. The lowest BCUT2D eigenvalue weighted by atomic mass is 9.73. The summed E-state index contributed by atoms with van der Waals surface area (Å²) in [7, 11) is 0. The van der Waals surface area contributed by atoms with E-state index in [-0.39, 0.29) is 23.1 Å². The number of hydrogen-bond donors (Lipinski definition) is 1. The van der Waals surface area contributed by atoms with E-state index >= 15 is 0 Å². The number of amides is 1. The molecule has 2 nitrogen and oxygen atoms in total. The van der Waals surface area contributed by atoms with Crippen molar-refractivity contribution in [2.24, 2.45) is 5.41 Å². The van der Waals surface area contributed by atoms with Gasteiger partial charge in [-0.15, -0.1) is 0 Å². The van der Waals surface area contributed by atoms with Crippen LogP contribution in [0.5, 0.6) is 0 Å². The Morgan fingerprint density at radius 1 is 1.29 bits per heavy atom. The van der Waals surface area contributed by atoms with Gasteiger partial charge in [0.05, 0.1) is 5.41 Å². The van der Waals surface area contributed by atoms with Crippen LogP contribution in [0.1, 0.15) is 37.2 Å². The highest BCUT2D eigenvalue weighted by Crippen LogP contribution is 2.51. The Labute approximate surface area is 100 Å². The third-order valence-corrected chi connectivity index (χ3v) is 4.33. The van der Waals surface area contributed by atoms with Crippen LogP contribution in [0.2, 0.25) is 0 Å². The molecule has 1 saturated heterocycles. The smallest absolute Gasteiger partial charge is 0.226 e. The second-order valence-corrected chi connectivity index (χ2v) is 5.18. The Kier molecular flexibility index (Phi) is 2.42. The highest BCUT2D eigenvalue weighted by atomic mass is 19.1. The van der Waals surface area contributed by atoms with E-state index in [1.807, 2.05) is 6.07 Å². The average Bonchev–Trinajstić information content (AvgIpc) is 2.90. The van der Waals surface area contributed by atoms with Crippen LogP contribution < -0.4 is 5.32 Å². The highest BCUT2D eigenvalue weighted by Gasteiger charge is 2.51. The van der Waals surface area contributed by atoms with Gasteiger partial charge in [0, 0.05) is 12.5 Å². The first-order chi connectivity index (χ1) is 8.22. The Bertz CT molecular complexity index is 451. The van der Waals surface area contributed by atoms with Gasteiger partial charge < -0.3 is 5.32 Å². The van der Waals surface area contributed by atoms with Crippen molar-refractivity contribution in [3.63, 3.8) is 0 Å². The summed E-state index contributed by atoms with van der Waals surface area (Å²) in [5, 5.41) is 2.96. The maximum atomic E-state index is 13.3. The Hall–Kier alpha value is -1.38. The molecule has 1 aliphatic heterocycles. The van der Waals surface area contributed by atoms with Gasteiger partial charge in [0.1, 0.15) is 5.82 Å². The summed E-state index contributed by atoms with van der Waals surface area (Å²) in [6.45, 7) is 0.655. The van der Waals surface area contributed by atoms with Crippen molar-refractivity contribution in [2.75, 3.05) is 6.54 Å². The lowest BCUT2D eigenvalue weighted by molar-refractivity contribution is -0.127. The van der Waals surface area contributed by atoms with Crippen molar-refractivity contribution >= 4 is 5.91 Å². The van der Waals surface area contributed by atoms with Gasteiger partial charge in [-0.25, -0.2) is 4.39 Å². The molecule has 3 heteroatoms. The molecule has 0 unspecified atom stereocenters. The zero-order valence-electron chi connectivity index (χ0n) is 9.71. The van der Waals surface area contributed by atoms with Gasteiger partial charge in [-0.3, -0.25) is 4.79 Å². The van der Waals surface area contributed by atoms with E-state index in [2.05, 4.69) is 5.32 Å². The van der Waals surface area contributed by atoms with Gasteiger partial charge in [-0.05, 0) is 30.5 Å². The zero-order chi connectivity index (χ0) is 11.9. The molecule has 0 radical (unpaired) electrons. The van der Waals surface area contributed by atoms with Crippen LogP contribution >= 0.6 is 0 Å². The van der Waals surface area contributed by atoms with E-state index in [0.717, 1.165) is 31.2 Å². The molecule has 0 aromatic heterocycles. The number of carbonyl (C=O) groups is 1. The molecular formula is C14H16FNO. The molecule has 17 heavy (non-hydrogen) atoms. The molecule has 3 rings (SSSR count). The molecule has 1 amide bonds. The fourth-order valence-corrected chi connectivity index (χ4v) is 3.47. The van der Waals surface area contributed by atoms with Crippen LogP contribution in [0.15, 0.2) is 24.3 Å². The van der Waals surface area contributed by atoms with E-state index in [4.69, 9.17) is 0 Å². The molecule has 2 aliphatic rings. The van der Waals surface area contributed by atoms with Crippen LogP contribution in [0.25, 0.3) is 0 Å². The summed E-state index contributed by atoms with van der Waals surface area (Å²) in [4.78, 5) is 12.1. The van der Waals surface area contributed by atoms with Crippen LogP contribution in [0.4, 0.5) is 4.39 Å². The number of rotatable bonds is 1. The van der Waals surface area contributed by atoms with Gasteiger partial charge in [0.15, 0.2) is 0 Å². The normalized spacial score (nSPS) is 26.4. The van der Waals surface area contributed by atoms with E-state index in [1.165, 1.54) is 6.07 Å². The second-order valence-electron chi connectivity index (χ2n) is 5.18. The summed E-state index contributed by atoms with van der Waals surface area (Å²) in [6, 6.07) is 6.70. The fraction of sp³-hybridized carbons (Fsp3) is 0.500. The Morgan fingerprint density at radius 3 is 2.76 bits per heavy atom. The highest BCUT2D eigenvalue weighted by molar-refractivity contribution is 5.86. The first-order valence-corrected chi connectivity index (χ1v) is 6.26. The molecule has 1 N–H and O–H groups in total. The topological polar surface area (TPSA) is 29.1 Å². The van der Waals surface area contributed by atoms with Crippen LogP contribution in [0, 0.1) is 11.2 Å². The standard InChI is InChI=1S/C14H16FNO/c15-11-5-3-4-10(8-11)12-9-16-13(17)14(12)6-1-2-7-14/h3-5,8,12H,1-2,6-7,9H2,(H,16,17)/t12-/m1/s1. The minimum atomic E-state index is -0.256. The Balaban J connectivity index is 2.00. The summed E-state index contributed by atoms with van der Waals surface area (Å²) < 4.78 is 13.3. The lowest BCUT2D eigenvalue weighted by Crippen LogP contribution is -2.31. The summed E-state index contributed by atoms with van der Waals surface area (Å²) >= 11 is 0. The van der Waals surface area contributed by atoms with Crippen molar-refractivity contribution in [2.45, 2.75) is 31.6 Å². The minimum absolute atomic E-state index is 0.146. The van der Waals surface area contributed by atoms with Crippen molar-refractivity contribution in [3.8, 4) is 0 Å². The zero-order valence-corrected chi connectivity index (χ0v) is 9.71. The van der Waals surface area contributed by atoms with E-state index < -0.39 is 0 Å². The molecule has 1 aromatic carbocycles. The van der Waals surface area contributed by atoms with Gasteiger partial charge in [0.25, 0.3) is 0 Å². The SMILES string of the molecule is O=C1NC[C@H](c2cccc(F)c2)C12CCCC2. The molecule has 1 saturated carbocycles. The van der Waals surface area contributed by atoms with Crippen LogP contribution in [-0.2, 0) is 4.79 Å². The molecular weight excluding hydrogens is 217 g/mol. The first-order valence-electron chi connectivity index (χ1n) is 6.26.